The standard InChI is InChI=1S/C13H22N4O/c1-9-12(14)16-10(2)17-13(9)15-6-3-7-18-8-11-4-5-11/h11H,3-8H2,1-2H3,(H3,14,15,16,17). The maximum Gasteiger partial charge on any atom is 0.134 e. The van der Waals surface area contributed by atoms with Crippen LogP contribution in [-0.2, 0) is 4.74 Å². The molecule has 0 amide bonds. The summed E-state index contributed by atoms with van der Waals surface area (Å²) in [6, 6.07) is 0. The third-order valence-electron chi connectivity index (χ3n) is 3.10. The average molecular weight is 250 g/mol. The number of aromatic nitrogens is 2. The maximum absolute atomic E-state index is 5.80. The van der Waals surface area contributed by atoms with Crippen LogP contribution in [0.25, 0.3) is 0 Å². The molecule has 0 atom stereocenters. The van der Waals surface area contributed by atoms with E-state index in [-0.39, 0.29) is 0 Å². The van der Waals surface area contributed by atoms with Crippen LogP contribution in [-0.4, -0.2) is 29.7 Å². The second-order valence-corrected chi connectivity index (χ2v) is 4.93. The fourth-order valence-corrected chi connectivity index (χ4v) is 1.74. The summed E-state index contributed by atoms with van der Waals surface area (Å²) in [5, 5.41) is 3.29. The zero-order chi connectivity index (χ0) is 13.0. The Hall–Kier alpha value is -1.36. The lowest BCUT2D eigenvalue weighted by molar-refractivity contribution is 0.124. The molecule has 0 bridgehead atoms. The zero-order valence-corrected chi connectivity index (χ0v) is 11.2. The van der Waals surface area contributed by atoms with E-state index < -0.39 is 0 Å². The minimum absolute atomic E-state index is 0.551. The summed E-state index contributed by atoms with van der Waals surface area (Å²) in [7, 11) is 0. The van der Waals surface area contributed by atoms with Gasteiger partial charge in [-0.15, -0.1) is 0 Å². The van der Waals surface area contributed by atoms with Gasteiger partial charge < -0.3 is 15.8 Å². The highest BCUT2D eigenvalue weighted by molar-refractivity contribution is 5.54. The number of nitrogens with one attached hydrogen (secondary N) is 1. The van der Waals surface area contributed by atoms with E-state index in [4.69, 9.17) is 10.5 Å². The maximum atomic E-state index is 5.80. The van der Waals surface area contributed by atoms with E-state index in [9.17, 15) is 0 Å². The zero-order valence-electron chi connectivity index (χ0n) is 11.2. The largest absolute Gasteiger partial charge is 0.383 e. The van der Waals surface area contributed by atoms with Crippen LogP contribution in [0.1, 0.15) is 30.7 Å². The molecule has 1 heterocycles. The van der Waals surface area contributed by atoms with Gasteiger partial charge in [-0.2, -0.15) is 0 Å². The molecule has 0 unspecified atom stereocenters. The molecule has 0 radical (unpaired) electrons. The van der Waals surface area contributed by atoms with Crippen molar-refractivity contribution in [3.05, 3.63) is 11.4 Å². The first kappa shape index (κ1) is 13.1. The van der Waals surface area contributed by atoms with Gasteiger partial charge in [0.2, 0.25) is 0 Å². The lowest BCUT2D eigenvalue weighted by Crippen LogP contribution is -2.11. The summed E-state index contributed by atoms with van der Waals surface area (Å²) in [6.45, 7) is 6.36. The average Bonchev–Trinajstić information content (AvgIpc) is 3.13. The highest BCUT2D eigenvalue weighted by Gasteiger charge is 2.20. The van der Waals surface area contributed by atoms with Crippen molar-refractivity contribution in [1.29, 1.82) is 0 Å². The Bertz CT molecular complexity index is 404. The SMILES string of the molecule is Cc1nc(N)c(C)c(NCCCOCC2CC2)n1. The Morgan fingerprint density at radius 1 is 1.33 bits per heavy atom. The highest BCUT2D eigenvalue weighted by atomic mass is 16.5. The minimum Gasteiger partial charge on any atom is -0.383 e. The second-order valence-electron chi connectivity index (χ2n) is 4.93. The van der Waals surface area contributed by atoms with Crippen LogP contribution in [0.15, 0.2) is 0 Å². The lowest BCUT2D eigenvalue weighted by Gasteiger charge is -2.10. The quantitative estimate of drug-likeness (QED) is 0.723. The van der Waals surface area contributed by atoms with Crippen molar-refractivity contribution in [1.82, 2.24) is 9.97 Å². The molecule has 100 valence electrons. The van der Waals surface area contributed by atoms with Crippen molar-refractivity contribution in [3.63, 3.8) is 0 Å². The van der Waals surface area contributed by atoms with Gasteiger partial charge >= 0.3 is 0 Å². The number of hydrogen-bond acceptors (Lipinski definition) is 5. The first-order valence-corrected chi connectivity index (χ1v) is 6.59. The Morgan fingerprint density at radius 3 is 2.83 bits per heavy atom. The molecule has 18 heavy (non-hydrogen) atoms. The normalized spacial score (nSPS) is 14.8. The fourth-order valence-electron chi connectivity index (χ4n) is 1.74. The van der Waals surface area contributed by atoms with E-state index in [1.54, 1.807) is 0 Å². The molecular weight excluding hydrogens is 228 g/mol. The second kappa shape index (κ2) is 6.00. The molecule has 1 saturated carbocycles. The highest BCUT2D eigenvalue weighted by Crippen LogP contribution is 2.28. The number of rotatable bonds is 7. The molecule has 1 aromatic heterocycles. The smallest absolute Gasteiger partial charge is 0.134 e. The first-order valence-electron chi connectivity index (χ1n) is 6.59. The number of ether oxygens (including phenoxy) is 1. The van der Waals surface area contributed by atoms with E-state index in [0.717, 1.165) is 43.5 Å². The summed E-state index contributed by atoms with van der Waals surface area (Å²) in [4.78, 5) is 8.47. The molecule has 1 aliphatic carbocycles. The Balaban J connectivity index is 1.68. The van der Waals surface area contributed by atoms with Gasteiger partial charge in [-0.25, -0.2) is 9.97 Å². The summed E-state index contributed by atoms with van der Waals surface area (Å²) in [6.07, 6.45) is 3.67. The summed E-state index contributed by atoms with van der Waals surface area (Å²) < 4.78 is 5.58. The number of nitrogens with zero attached hydrogens (tertiary/aromatic N) is 2. The molecule has 1 fully saturated rings. The molecule has 0 spiro atoms. The van der Waals surface area contributed by atoms with Crippen molar-refractivity contribution < 1.29 is 4.74 Å². The molecule has 5 nitrogen and oxygen atoms in total. The molecule has 0 aliphatic heterocycles. The molecule has 0 aromatic carbocycles. The van der Waals surface area contributed by atoms with Gasteiger partial charge in [0.15, 0.2) is 0 Å². The first-order chi connectivity index (χ1) is 8.66. The minimum atomic E-state index is 0.551. The number of nitrogens with two attached hydrogens (primary N) is 1. The van der Waals surface area contributed by atoms with Gasteiger partial charge in [0, 0.05) is 25.3 Å². The van der Waals surface area contributed by atoms with Crippen LogP contribution >= 0.6 is 0 Å². The topological polar surface area (TPSA) is 73.1 Å². The summed E-state index contributed by atoms with van der Waals surface area (Å²) >= 11 is 0. The fraction of sp³-hybridized carbons (Fsp3) is 0.692. The van der Waals surface area contributed by atoms with E-state index in [2.05, 4.69) is 15.3 Å². The van der Waals surface area contributed by atoms with Gasteiger partial charge in [-0.05, 0) is 39.0 Å². The van der Waals surface area contributed by atoms with Crippen LogP contribution in [0.2, 0.25) is 0 Å². The molecule has 1 aromatic rings. The predicted molar refractivity (Wildman–Crippen MR) is 72.6 cm³/mol. The summed E-state index contributed by atoms with van der Waals surface area (Å²) in [5.41, 5.74) is 6.71. The van der Waals surface area contributed by atoms with Crippen molar-refractivity contribution in [2.24, 2.45) is 5.92 Å². The van der Waals surface area contributed by atoms with E-state index in [1.807, 2.05) is 13.8 Å². The molecule has 2 rings (SSSR count). The van der Waals surface area contributed by atoms with Crippen molar-refractivity contribution in [2.45, 2.75) is 33.1 Å². The predicted octanol–water partition coefficient (Wildman–Crippen LogP) is 1.90. The van der Waals surface area contributed by atoms with Crippen LogP contribution in [0.4, 0.5) is 11.6 Å². The van der Waals surface area contributed by atoms with Crippen LogP contribution in [0.3, 0.4) is 0 Å². The third kappa shape index (κ3) is 3.84. The van der Waals surface area contributed by atoms with Gasteiger partial charge in [0.1, 0.15) is 17.5 Å². The Kier molecular flexibility index (Phi) is 4.36. The molecule has 5 heteroatoms. The number of aryl methyl sites for hydroxylation is 1. The number of anilines is 2. The van der Waals surface area contributed by atoms with Crippen LogP contribution < -0.4 is 11.1 Å². The Morgan fingerprint density at radius 2 is 2.11 bits per heavy atom. The van der Waals surface area contributed by atoms with E-state index >= 15 is 0 Å². The molecule has 3 N–H and O–H groups in total. The van der Waals surface area contributed by atoms with Crippen LogP contribution in [0.5, 0.6) is 0 Å². The molecule has 0 saturated heterocycles. The van der Waals surface area contributed by atoms with E-state index in [0.29, 0.717) is 11.6 Å². The van der Waals surface area contributed by atoms with Gasteiger partial charge in [0.25, 0.3) is 0 Å². The third-order valence-corrected chi connectivity index (χ3v) is 3.10. The number of hydrogen-bond donors (Lipinski definition) is 2. The van der Waals surface area contributed by atoms with Crippen LogP contribution in [0, 0.1) is 19.8 Å². The molecular formula is C13H22N4O. The van der Waals surface area contributed by atoms with Gasteiger partial charge in [0.05, 0.1) is 0 Å². The monoisotopic (exact) mass is 250 g/mol. The van der Waals surface area contributed by atoms with Gasteiger partial charge in [-0.3, -0.25) is 0 Å². The van der Waals surface area contributed by atoms with E-state index in [1.165, 1.54) is 12.8 Å². The number of nitrogen functional groups attached to an aromatic ring is 1. The van der Waals surface area contributed by atoms with Crippen molar-refractivity contribution in [3.8, 4) is 0 Å². The molecule has 1 aliphatic rings. The van der Waals surface area contributed by atoms with Crippen molar-refractivity contribution >= 4 is 11.6 Å². The van der Waals surface area contributed by atoms with Crippen molar-refractivity contribution in [2.75, 3.05) is 30.8 Å². The lowest BCUT2D eigenvalue weighted by atomic mass is 10.3. The Labute approximate surface area is 108 Å². The van der Waals surface area contributed by atoms with Gasteiger partial charge in [-0.1, -0.05) is 0 Å². The summed E-state index contributed by atoms with van der Waals surface area (Å²) in [5.74, 6) is 2.92.